The topological polar surface area (TPSA) is 83.6 Å². The molecule has 1 fully saturated rings. The molecular weight excluding hydrogens is 285 g/mol. The summed E-state index contributed by atoms with van der Waals surface area (Å²) >= 11 is 0. The number of hydrogen-bond acceptors (Lipinski definition) is 3. The zero-order chi connectivity index (χ0) is 14.0. The Hall–Kier alpha value is -1.33. The fraction of sp³-hybridized carbons (Fsp3) is 0.500. The average molecular weight is 304 g/mol. The Morgan fingerprint density at radius 2 is 1.90 bits per heavy atom. The van der Waals surface area contributed by atoms with Crippen LogP contribution in [0.3, 0.4) is 0 Å². The van der Waals surface area contributed by atoms with Crippen molar-refractivity contribution in [2.45, 2.75) is 38.1 Å². The molecule has 20 heavy (non-hydrogen) atoms. The van der Waals surface area contributed by atoms with Crippen LogP contribution in [0.1, 0.15) is 54.1 Å². The first kappa shape index (κ1) is 16.7. The molecule has 1 saturated carbocycles. The fourth-order valence-electron chi connectivity index (χ4n) is 2.78. The van der Waals surface area contributed by atoms with Crippen molar-refractivity contribution in [3.05, 3.63) is 29.1 Å². The highest BCUT2D eigenvalue weighted by molar-refractivity contribution is 5.91. The lowest BCUT2D eigenvalue weighted by Crippen LogP contribution is -2.24. The van der Waals surface area contributed by atoms with Gasteiger partial charge in [-0.1, -0.05) is 19.3 Å². The van der Waals surface area contributed by atoms with Gasteiger partial charge < -0.3 is 15.9 Å². The van der Waals surface area contributed by atoms with Gasteiger partial charge in [0.1, 0.15) is 17.1 Å². The van der Waals surface area contributed by atoms with Crippen LogP contribution in [-0.2, 0) is 0 Å². The van der Waals surface area contributed by atoms with Crippen LogP contribution in [0.25, 0.3) is 0 Å². The third-order valence-corrected chi connectivity index (χ3v) is 3.85. The zero-order valence-electron chi connectivity index (χ0n) is 11.0. The van der Waals surface area contributed by atoms with E-state index in [1.807, 2.05) is 0 Å². The van der Waals surface area contributed by atoms with Crippen molar-refractivity contribution in [2.75, 3.05) is 0 Å². The Bertz CT molecular complexity index is 490. The number of aromatic carboxylic acids is 1. The third kappa shape index (κ3) is 3.41. The number of nitrogens with two attached hydrogens (primary N) is 1. The molecule has 1 atom stereocenters. The molecule has 0 unspecified atom stereocenters. The van der Waals surface area contributed by atoms with Crippen molar-refractivity contribution in [1.29, 1.82) is 0 Å². The maximum atomic E-state index is 13.5. The van der Waals surface area contributed by atoms with Crippen LogP contribution in [0.2, 0.25) is 0 Å². The van der Waals surface area contributed by atoms with Crippen molar-refractivity contribution in [3.63, 3.8) is 0 Å². The minimum Gasteiger partial charge on any atom is -0.507 e. The second-order valence-corrected chi connectivity index (χ2v) is 5.12. The molecule has 2 rings (SSSR count). The Morgan fingerprint density at radius 3 is 2.45 bits per heavy atom. The number of aromatic hydroxyl groups is 1. The van der Waals surface area contributed by atoms with E-state index in [-0.39, 0.29) is 23.9 Å². The molecule has 1 aliphatic carbocycles. The normalized spacial score (nSPS) is 17.3. The zero-order valence-corrected chi connectivity index (χ0v) is 11.8. The van der Waals surface area contributed by atoms with E-state index in [9.17, 15) is 14.3 Å². The number of carbonyl (C=O) groups is 1. The summed E-state index contributed by atoms with van der Waals surface area (Å²) < 4.78 is 13.5. The lowest BCUT2D eigenvalue weighted by Gasteiger charge is -2.28. The van der Waals surface area contributed by atoms with Gasteiger partial charge in [0.15, 0.2) is 0 Å². The number of carboxylic acid groups (broad SMARTS) is 1. The molecule has 0 aromatic heterocycles. The quantitative estimate of drug-likeness (QED) is 0.800. The fourth-order valence-corrected chi connectivity index (χ4v) is 2.78. The SMILES string of the molecule is Cl.N[C@@H](c1cc(F)cc(C(=O)O)c1O)C1CCCCC1. The van der Waals surface area contributed by atoms with E-state index in [1.165, 1.54) is 6.42 Å². The summed E-state index contributed by atoms with van der Waals surface area (Å²) in [5.41, 5.74) is 5.86. The van der Waals surface area contributed by atoms with E-state index in [0.29, 0.717) is 0 Å². The summed E-state index contributed by atoms with van der Waals surface area (Å²) in [4.78, 5) is 11.0. The lowest BCUT2D eigenvalue weighted by atomic mass is 9.81. The standard InChI is InChI=1S/C14H18FNO3.ClH/c15-9-6-10(13(17)11(7-9)14(18)19)12(16)8-4-2-1-3-5-8;/h6-8,12,17H,1-5,16H2,(H,18,19);1H/t12-;/m1./s1. The predicted octanol–water partition coefficient (Wildman–Crippen LogP) is 3.23. The first-order chi connectivity index (χ1) is 9.00. The molecule has 1 aromatic carbocycles. The summed E-state index contributed by atoms with van der Waals surface area (Å²) in [6.45, 7) is 0. The van der Waals surface area contributed by atoms with Crippen molar-refractivity contribution < 1.29 is 19.4 Å². The van der Waals surface area contributed by atoms with E-state index < -0.39 is 29.1 Å². The molecule has 6 heteroatoms. The van der Waals surface area contributed by atoms with E-state index in [0.717, 1.165) is 37.8 Å². The number of carboxylic acids is 1. The monoisotopic (exact) mass is 303 g/mol. The van der Waals surface area contributed by atoms with Crippen LogP contribution in [0.15, 0.2) is 12.1 Å². The molecule has 0 spiro atoms. The van der Waals surface area contributed by atoms with Crippen molar-refractivity contribution >= 4 is 18.4 Å². The van der Waals surface area contributed by atoms with Gasteiger partial charge >= 0.3 is 5.97 Å². The molecule has 112 valence electrons. The van der Waals surface area contributed by atoms with Gasteiger partial charge in [-0.25, -0.2) is 9.18 Å². The molecule has 4 nitrogen and oxygen atoms in total. The Kier molecular flexibility index (Phi) is 5.77. The summed E-state index contributed by atoms with van der Waals surface area (Å²) in [7, 11) is 0. The largest absolute Gasteiger partial charge is 0.507 e. The van der Waals surface area contributed by atoms with Crippen molar-refractivity contribution in [3.8, 4) is 5.75 Å². The Labute approximate surface area is 123 Å². The maximum absolute atomic E-state index is 13.5. The highest BCUT2D eigenvalue weighted by atomic mass is 35.5. The molecule has 1 aliphatic rings. The average Bonchev–Trinajstić information content (AvgIpc) is 2.41. The predicted molar refractivity (Wildman–Crippen MR) is 75.8 cm³/mol. The van der Waals surface area contributed by atoms with E-state index in [2.05, 4.69) is 0 Å². The van der Waals surface area contributed by atoms with Gasteiger partial charge in [-0.3, -0.25) is 0 Å². The Morgan fingerprint density at radius 1 is 1.30 bits per heavy atom. The van der Waals surface area contributed by atoms with Gasteiger partial charge in [-0.2, -0.15) is 0 Å². The Balaban J connectivity index is 0.00000200. The van der Waals surface area contributed by atoms with Crippen molar-refractivity contribution in [2.24, 2.45) is 11.7 Å². The minimum atomic E-state index is -1.35. The molecule has 0 radical (unpaired) electrons. The molecule has 0 bridgehead atoms. The number of rotatable bonds is 3. The van der Waals surface area contributed by atoms with E-state index >= 15 is 0 Å². The summed E-state index contributed by atoms with van der Waals surface area (Å²) in [5, 5.41) is 18.9. The van der Waals surface area contributed by atoms with Gasteiger partial charge in [-0.05, 0) is 30.9 Å². The van der Waals surface area contributed by atoms with E-state index in [1.54, 1.807) is 0 Å². The summed E-state index contributed by atoms with van der Waals surface area (Å²) in [5.74, 6) is -2.28. The number of phenols is 1. The third-order valence-electron chi connectivity index (χ3n) is 3.85. The molecule has 0 aliphatic heterocycles. The van der Waals surface area contributed by atoms with Gasteiger partial charge in [0.05, 0.1) is 0 Å². The van der Waals surface area contributed by atoms with E-state index in [4.69, 9.17) is 10.8 Å². The van der Waals surface area contributed by atoms with Crippen molar-refractivity contribution in [1.82, 2.24) is 0 Å². The van der Waals surface area contributed by atoms with Crippen LogP contribution < -0.4 is 5.73 Å². The molecule has 0 amide bonds. The first-order valence-electron chi connectivity index (χ1n) is 6.52. The first-order valence-corrected chi connectivity index (χ1v) is 6.52. The molecule has 0 heterocycles. The molecule has 0 saturated heterocycles. The summed E-state index contributed by atoms with van der Waals surface area (Å²) in [6, 6.07) is 1.43. The molecule has 4 N–H and O–H groups in total. The van der Waals surface area contributed by atoms with Gasteiger partial charge in [-0.15, -0.1) is 12.4 Å². The van der Waals surface area contributed by atoms with Crippen LogP contribution in [0.5, 0.6) is 5.75 Å². The number of halogens is 2. The molecule has 1 aromatic rings. The lowest BCUT2D eigenvalue weighted by molar-refractivity contribution is 0.0692. The van der Waals surface area contributed by atoms with Gasteiger partial charge in [0.25, 0.3) is 0 Å². The smallest absolute Gasteiger partial charge is 0.339 e. The van der Waals surface area contributed by atoms with Crippen LogP contribution in [-0.4, -0.2) is 16.2 Å². The minimum absolute atomic E-state index is 0. The number of hydrogen-bond donors (Lipinski definition) is 3. The summed E-state index contributed by atoms with van der Waals surface area (Å²) in [6.07, 6.45) is 5.16. The van der Waals surface area contributed by atoms with Gasteiger partial charge in [0, 0.05) is 11.6 Å². The highest BCUT2D eigenvalue weighted by Crippen LogP contribution is 2.37. The number of benzene rings is 1. The van der Waals surface area contributed by atoms with Crippen LogP contribution in [0, 0.1) is 11.7 Å². The van der Waals surface area contributed by atoms with Crippen LogP contribution >= 0.6 is 12.4 Å². The maximum Gasteiger partial charge on any atom is 0.339 e. The highest BCUT2D eigenvalue weighted by Gasteiger charge is 2.26. The second-order valence-electron chi connectivity index (χ2n) is 5.12. The van der Waals surface area contributed by atoms with Crippen LogP contribution in [0.4, 0.5) is 4.39 Å². The van der Waals surface area contributed by atoms with Gasteiger partial charge in [0.2, 0.25) is 0 Å². The molecular formula is C14H19ClFNO3. The second kappa shape index (κ2) is 6.90.